The summed E-state index contributed by atoms with van der Waals surface area (Å²) >= 11 is 0. The predicted octanol–water partition coefficient (Wildman–Crippen LogP) is 2.41. The number of carbonyl (C=O) groups is 2. The number of benzene rings is 1. The van der Waals surface area contributed by atoms with Gasteiger partial charge in [0.25, 0.3) is 11.8 Å². The number of amides is 2. The van der Waals surface area contributed by atoms with E-state index in [9.17, 15) is 9.59 Å². The average molecular weight is 327 g/mol. The molecule has 126 valence electrons. The van der Waals surface area contributed by atoms with Crippen LogP contribution in [0, 0.1) is 6.92 Å². The summed E-state index contributed by atoms with van der Waals surface area (Å²) in [5.41, 5.74) is 2.44. The van der Waals surface area contributed by atoms with E-state index in [1.807, 2.05) is 31.2 Å². The van der Waals surface area contributed by atoms with Gasteiger partial charge in [0.2, 0.25) is 0 Å². The molecule has 1 aromatic heterocycles. The molecule has 0 radical (unpaired) electrons. The normalized spacial score (nSPS) is 10.2. The van der Waals surface area contributed by atoms with E-state index in [0.29, 0.717) is 30.0 Å². The number of aryl methyl sites for hydroxylation is 1. The first-order valence-electron chi connectivity index (χ1n) is 7.70. The average Bonchev–Trinajstić information content (AvgIpc) is 2.58. The Bertz CT molecular complexity index is 716. The maximum Gasteiger partial charge on any atom is 0.257 e. The molecule has 0 aliphatic carbocycles. The van der Waals surface area contributed by atoms with E-state index in [1.54, 1.807) is 7.11 Å². The first-order chi connectivity index (χ1) is 11.6. The third kappa shape index (κ3) is 5.17. The third-order valence-corrected chi connectivity index (χ3v) is 3.35. The second-order valence-electron chi connectivity index (χ2n) is 5.39. The summed E-state index contributed by atoms with van der Waals surface area (Å²) in [5, 5.41) is 5.56. The lowest BCUT2D eigenvalue weighted by Crippen LogP contribution is -2.25. The Hall–Kier alpha value is -2.73. The zero-order chi connectivity index (χ0) is 17.4. The minimum atomic E-state index is -0.304. The van der Waals surface area contributed by atoms with Crippen LogP contribution in [0.15, 0.2) is 42.7 Å². The highest BCUT2D eigenvalue weighted by atomic mass is 16.5. The highest BCUT2D eigenvalue weighted by molar-refractivity contribution is 6.05. The molecular weight excluding hydrogens is 306 g/mol. The Labute approximate surface area is 141 Å². The Morgan fingerprint density at radius 2 is 1.88 bits per heavy atom. The fourth-order valence-corrected chi connectivity index (χ4v) is 2.13. The molecular formula is C18H21N3O3. The number of ether oxygens (including phenoxy) is 1. The van der Waals surface area contributed by atoms with Gasteiger partial charge >= 0.3 is 0 Å². The standard InChI is InChI=1S/C18H21N3O3/c1-13-5-3-6-16(9-13)21-18(23)15-10-14(11-19-12-15)17(22)20-7-4-8-24-2/h3,5-6,9-12H,4,7-8H2,1-2H3,(H,20,22)(H,21,23). The number of hydrogen-bond acceptors (Lipinski definition) is 4. The molecule has 6 nitrogen and oxygen atoms in total. The summed E-state index contributed by atoms with van der Waals surface area (Å²) < 4.78 is 4.93. The van der Waals surface area contributed by atoms with Crippen molar-refractivity contribution in [3.8, 4) is 0 Å². The van der Waals surface area contributed by atoms with Crippen LogP contribution >= 0.6 is 0 Å². The maximum absolute atomic E-state index is 12.3. The van der Waals surface area contributed by atoms with Crippen LogP contribution in [0.4, 0.5) is 5.69 Å². The number of carbonyl (C=O) groups excluding carboxylic acids is 2. The highest BCUT2D eigenvalue weighted by Crippen LogP contribution is 2.12. The summed E-state index contributed by atoms with van der Waals surface area (Å²) in [6.07, 6.45) is 3.60. The van der Waals surface area contributed by atoms with Crippen molar-refractivity contribution in [1.82, 2.24) is 10.3 Å². The van der Waals surface area contributed by atoms with Crippen LogP contribution in [0.25, 0.3) is 0 Å². The number of pyridine rings is 1. The number of nitrogens with zero attached hydrogens (tertiary/aromatic N) is 1. The van der Waals surface area contributed by atoms with E-state index >= 15 is 0 Å². The van der Waals surface area contributed by atoms with Crippen molar-refractivity contribution in [2.24, 2.45) is 0 Å². The minimum absolute atomic E-state index is 0.260. The number of aromatic nitrogens is 1. The Morgan fingerprint density at radius 1 is 1.12 bits per heavy atom. The zero-order valence-electron chi connectivity index (χ0n) is 13.8. The SMILES string of the molecule is COCCCNC(=O)c1cncc(C(=O)Nc2cccc(C)c2)c1. The molecule has 0 fully saturated rings. The largest absolute Gasteiger partial charge is 0.385 e. The van der Waals surface area contributed by atoms with E-state index in [2.05, 4.69) is 15.6 Å². The number of hydrogen-bond donors (Lipinski definition) is 2. The fraction of sp³-hybridized carbons (Fsp3) is 0.278. The van der Waals surface area contributed by atoms with Crippen LogP contribution in [-0.2, 0) is 4.74 Å². The Balaban J connectivity index is 2.01. The molecule has 2 aromatic rings. The van der Waals surface area contributed by atoms with Gasteiger partial charge in [-0.2, -0.15) is 0 Å². The van der Waals surface area contributed by atoms with Crippen molar-refractivity contribution in [1.29, 1.82) is 0 Å². The molecule has 2 amide bonds. The smallest absolute Gasteiger partial charge is 0.257 e. The van der Waals surface area contributed by atoms with Gasteiger partial charge in [-0.15, -0.1) is 0 Å². The predicted molar refractivity (Wildman–Crippen MR) is 92.2 cm³/mol. The quantitative estimate of drug-likeness (QED) is 0.765. The number of nitrogens with one attached hydrogen (secondary N) is 2. The number of rotatable bonds is 7. The molecule has 0 bridgehead atoms. The monoisotopic (exact) mass is 327 g/mol. The van der Waals surface area contributed by atoms with Crippen LogP contribution in [0.2, 0.25) is 0 Å². The minimum Gasteiger partial charge on any atom is -0.385 e. The van der Waals surface area contributed by atoms with Gasteiger partial charge in [0, 0.05) is 38.3 Å². The summed E-state index contributed by atoms with van der Waals surface area (Å²) in [4.78, 5) is 28.3. The van der Waals surface area contributed by atoms with Crippen molar-refractivity contribution in [3.63, 3.8) is 0 Å². The van der Waals surface area contributed by atoms with Crippen LogP contribution < -0.4 is 10.6 Å². The van der Waals surface area contributed by atoms with E-state index in [4.69, 9.17) is 4.74 Å². The van der Waals surface area contributed by atoms with E-state index < -0.39 is 0 Å². The Kier molecular flexibility index (Phi) is 6.45. The summed E-state index contributed by atoms with van der Waals surface area (Å²) in [5.74, 6) is -0.564. The topological polar surface area (TPSA) is 80.3 Å². The first-order valence-corrected chi connectivity index (χ1v) is 7.70. The molecule has 0 atom stereocenters. The van der Waals surface area contributed by atoms with E-state index in [0.717, 1.165) is 12.0 Å². The molecule has 6 heteroatoms. The molecule has 0 unspecified atom stereocenters. The molecule has 2 rings (SSSR count). The van der Waals surface area contributed by atoms with Gasteiger partial charge in [-0.25, -0.2) is 0 Å². The van der Waals surface area contributed by atoms with E-state index in [-0.39, 0.29) is 11.8 Å². The van der Waals surface area contributed by atoms with Crippen molar-refractivity contribution >= 4 is 17.5 Å². The molecule has 0 aliphatic heterocycles. The summed E-state index contributed by atoms with van der Waals surface area (Å²) in [6, 6.07) is 9.03. The van der Waals surface area contributed by atoms with Crippen LogP contribution in [0.3, 0.4) is 0 Å². The third-order valence-electron chi connectivity index (χ3n) is 3.35. The fourth-order valence-electron chi connectivity index (χ4n) is 2.13. The van der Waals surface area contributed by atoms with Gasteiger partial charge in [-0.1, -0.05) is 12.1 Å². The Morgan fingerprint density at radius 3 is 2.58 bits per heavy atom. The molecule has 24 heavy (non-hydrogen) atoms. The van der Waals surface area contributed by atoms with Gasteiger partial charge in [-0.05, 0) is 37.1 Å². The van der Waals surface area contributed by atoms with Gasteiger partial charge in [0.05, 0.1) is 11.1 Å². The molecule has 0 saturated heterocycles. The maximum atomic E-state index is 12.3. The second-order valence-corrected chi connectivity index (χ2v) is 5.39. The molecule has 2 N–H and O–H groups in total. The van der Waals surface area contributed by atoms with Crippen LogP contribution in [0.1, 0.15) is 32.7 Å². The lowest BCUT2D eigenvalue weighted by molar-refractivity contribution is 0.0948. The molecule has 1 heterocycles. The zero-order valence-corrected chi connectivity index (χ0v) is 13.8. The molecule has 0 spiro atoms. The lowest BCUT2D eigenvalue weighted by atomic mass is 10.1. The van der Waals surface area contributed by atoms with Gasteiger partial charge in [-0.3, -0.25) is 14.6 Å². The van der Waals surface area contributed by atoms with Gasteiger partial charge < -0.3 is 15.4 Å². The van der Waals surface area contributed by atoms with Gasteiger partial charge in [0.1, 0.15) is 0 Å². The van der Waals surface area contributed by atoms with Crippen LogP contribution in [0.5, 0.6) is 0 Å². The first kappa shape index (κ1) is 17.6. The highest BCUT2D eigenvalue weighted by Gasteiger charge is 2.11. The molecule has 0 aliphatic rings. The van der Waals surface area contributed by atoms with Crippen molar-refractivity contribution < 1.29 is 14.3 Å². The molecule has 1 aromatic carbocycles. The summed E-state index contributed by atoms with van der Waals surface area (Å²) in [7, 11) is 1.61. The van der Waals surface area contributed by atoms with Gasteiger partial charge in [0.15, 0.2) is 0 Å². The molecule has 0 saturated carbocycles. The lowest BCUT2D eigenvalue weighted by Gasteiger charge is -2.08. The number of anilines is 1. The second kappa shape index (κ2) is 8.79. The van der Waals surface area contributed by atoms with E-state index in [1.165, 1.54) is 18.5 Å². The van der Waals surface area contributed by atoms with Crippen molar-refractivity contribution in [2.75, 3.05) is 25.6 Å². The van der Waals surface area contributed by atoms with Crippen LogP contribution in [-0.4, -0.2) is 37.1 Å². The van der Waals surface area contributed by atoms with Crippen molar-refractivity contribution in [2.45, 2.75) is 13.3 Å². The van der Waals surface area contributed by atoms with Crippen molar-refractivity contribution in [3.05, 3.63) is 59.4 Å². The summed E-state index contributed by atoms with van der Waals surface area (Å²) in [6.45, 7) is 3.04. The number of methoxy groups -OCH3 is 1.